The van der Waals surface area contributed by atoms with Gasteiger partial charge in [-0.1, -0.05) is 13.0 Å². The summed E-state index contributed by atoms with van der Waals surface area (Å²) in [5.74, 6) is 2.01. The molecular weight excluding hydrogens is 328 g/mol. The minimum Gasteiger partial charge on any atom is -0.544 e. The zero-order valence-corrected chi connectivity index (χ0v) is 16.7. The molecule has 3 aliphatic carbocycles. The van der Waals surface area contributed by atoms with Crippen molar-refractivity contribution in [3.63, 3.8) is 0 Å². The topological polar surface area (TPSA) is 43.4 Å². The Hall–Kier alpha value is -1.42. The van der Waals surface area contributed by atoms with Gasteiger partial charge in [-0.25, -0.2) is 0 Å². The summed E-state index contributed by atoms with van der Waals surface area (Å²) in [4.78, 5) is 24.5. The molecule has 134 valence electrons. The largest absolute Gasteiger partial charge is 0.544 e. The summed E-state index contributed by atoms with van der Waals surface area (Å²) in [6.07, 6.45) is 4.49. The van der Waals surface area contributed by atoms with Gasteiger partial charge < -0.3 is 4.43 Å². The molecule has 2 fully saturated rings. The second-order valence-electron chi connectivity index (χ2n) is 9.40. The van der Waals surface area contributed by atoms with E-state index in [1.54, 1.807) is 0 Å². The smallest absolute Gasteiger partial charge is 0.242 e. The number of aryl methyl sites for hydroxylation is 1. The van der Waals surface area contributed by atoms with E-state index in [0.717, 1.165) is 31.4 Å². The monoisotopic (exact) mass is 356 g/mol. The maximum atomic E-state index is 12.4. The predicted molar refractivity (Wildman–Crippen MR) is 100 cm³/mol. The van der Waals surface area contributed by atoms with Gasteiger partial charge in [0.1, 0.15) is 5.75 Å². The molecule has 0 N–H and O–H groups in total. The van der Waals surface area contributed by atoms with Crippen molar-refractivity contribution in [3.8, 4) is 5.75 Å². The van der Waals surface area contributed by atoms with Gasteiger partial charge in [-0.3, -0.25) is 9.59 Å². The number of carbonyl (C=O) groups is 2. The number of ketones is 2. The second-order valence-corrected chi connectivity index (χ2v) is 13.8. The molecule has 4 heteroatoms. The van der Waals surface area contributed by atoms with Crippen molar-refractivity contribution in [1.29, 1.82) is 0 Å². The summed E-state index contributed by atoms with van der Waals surface area (Å²) in [5.41, 5.74) is 2.46. The van der Waals surface area contributed by atoms with Gasteiger partial charge in [0.25, 0.3) is 0 Å². The van der Waals surface area contributed by atoms with Crippen molar-refractivity contribution in [3.05, 3.63) is 29.3 Å². The van der Waals surface area contributed by atoms with Gasteiger partial charge >= 0.3 is 0 Å². The van der Waals surface area contributed by atoms with Crippen LogP contribution in [0.15, 0.2) is 18.2 Å². The molecule has 3 aliphatic rings. The standard InChI is InChI=1S/C21H28O3Si/c1-21-10-9-16-15-8-6-14(24-25(2,3)4)11-13(15)5-7-17(16)18(21)12-19(22)20(21)23/h6,8,11,16-18H,5,7,9-10,12H2,1-4H3. The molecule has 4 unspecified atom stereocenters. The first kappa shape index (κ1) is 17.0. The molecule has 4 atom stereocenters. The third kappa shape index (κ3) is 2.69. The number of rotatable bonds is 2. The highest BCUT2D eigenvalue weighted by Gasteiger charge is 2.58. The fourth-order valence-electron chi connectivity index (χ4n) is 5.57. The number of carbonyl (C=O) groups excluding carboxylic acids is 2. The van der Waals surface area contributed by atoms with Crippen LogP contribution in [0.25, 0.3) is 0 Å². The molecular formula is C21H28O3Si. The Kier molecular flexibility index (Phi) is 3.77. The van der Waals surface area contributed by atoms with Crippen molar-refractivity contribution in [2.75, 3.05) is 0 Å². The Morgan fingerprint density at radius 2 is 1.92 bits per heavy atom. The third-order valence-corrected chi connectivity index (χ3v) is 7.54. The third-order valence-electron chi connectivity index (χ3n) is 6.69. The minimum atomic E-state index is -1.60. The molecule has 1 aromatic rings. The summed E-state index contributed by atoms with van der Waals surface area (Å²) in [7, 11) is -1.60. The summed E-state index contributed by atoms with van der Waals surface area (Å²) in [6.45, 7) is 8.66. The van der Waals surface area contributed by atoms with Crippen molar-refractivity contribution in [2.45, 2.75) is 64.6 Å². The Morgan fingerprint density at radius 3 is 2.64 bits per heavy atom. The van der Waals surface area contributed by atoms with Gasteiger partial charge in [0.15, 0.2) is 5.78 Å². The Labute approximate surface area is 151 Å². The Bertz CT molecular complexity index is 748. The zero-order chi connectivity index (χ0) is 18.0. The summed E-state index contributed by atoms with van der Waals surface area (Å²) in [6, 6.07) is 6.61. The normalized spacial score (nSPS) is 34.3. The highest BCUT2D eigenvalue weighted by molar-refractivity contribution is 6.70. The van der Waals surface area contributed by atoms with E-state index < -0.39 is 13.7 Å². The second kappa shape index (κ2) is 5.54. The van der Waals surface area contributed by atoms with Crippen LogP contribution in [0, 0.1) is 17.3 Å². The quantitative estimate of drug-likeness (QED) is 0.579. The molecule has 0 radical (unpaired) electrons. The SMILES string of the molecule is CC12CCC3c4ccc(O[Si](C)(C)C)cc4CCC3C1CC(=O)C2=O. The number of fused-ring (bicyclic) bond motifs is 5. The van der Waals surface area contributed by atoms with Crippen LogP contribution in [-0.4, -0.2) is 19.9 Å². The predicted octanol–water partition coefficient (Wildman–Crippen LogP) is 4.50. The zero-order valence-electron chi connectivity index (χ0n) is 15.7. The fourth-order valence-corrected chi connectivity index (χ4v) is 6.40. The molecule has 0 bridgehead atoms. The first-order valence-electron chi connectivity index (χ1n) is 9.58. The molecule has 0 aromatic heterocycles. The lowest BCUT2D eigenvalue weighted by Crippen LogP contribution is -2.42. The fraction of sp³-hybridized carbons (Fsp3) is 0.619. The lowest BCUT2D eigenvalue weighted by atomic mass is 9.55. The highest BCUT2D eigenvalue weighted by Crippen LogP contribution is 2.58. The van der Waals surface area contributed by atoms with E-state index in [2.05, 4.69) is 37.8 Å². The molecule has 0 spiro atoms. The number of Topliss-reactive ketones (excluding diaryl/α,β-unsaturated/α-hetero) is 2. The Balaban J connectivity index is 1.64. The van der Waals surface area contributed by atoms with Crippen LogP contribution in [0.1, 0.15) is 49.7 Å². The van der Waals surface area contributed by atoms with Crippen molar-refractivity contribution in [1.82, 2.24) is 0 Å². The van der Waals surface area contributed by atoms with Crippen LogP contribution in [0.5, 0.6) is 5.75 Å². The maximum absolute atomic E-state index is 12.4. The van der Waals surface area contributed by atoms with Crippen LogP contribution < -0.4 is 4.43 Å². The van der Waals surface area contributed by atoms with Gasteiger partial charge in [-0.15, -0.1) is 0 Å². The van der Waals surface area contributed by atoms with Gasteiger partial charge in [-0.2, -0.15) is 0 Å². The molecule has 4 rings (SSSR count). The minimum absolute atomic E-state index is 0.0966. The summed E-state index contributed by atoms with van der Waals surface area (Å²) >= 11 is 0. The van der Waals surface area contributed by atoms with Gasteiger partial charge in [-0.05, 0) is 86.3 Å². The number of benzene rings is 1. The van der Waals surface area contributed by atoms with Crippen LogP contribution in [0.4, 0.5) is 0 Å². The van der Waals surface area contributed by atoms with E-state index in [1.807, 2.05) is 6.92 Å². The molecule has 0 saturated heterocycles. The lowest BCUT2D eigenvalue weighted by Gasteiger charge is -2.47. The number of hydrogen-bond acceptors (Lipinski definition) is 3. The van der Waals surface area contributed by atoms with E-state index in [9.17, 15) is 9.59 Å². The lowest BCUT2D eigenvalue weighted by molar-refractivity contribution is -0.139. The summed E-state index contributed by atoms with van der Waals surface area (Å²) < 4.78 is 6.17. The van der Waals surface area contributed by atoms with Crippen LogP contribution in [0.2, 0.25) is 19.6 Å². The molecule has 1 aromatic carbocycles. The molecule has 0 heterocycles. The molecule has 0 aliphatic heterocycles. The average Bonchev–Trinajstić information content (AvgIpc) is 2.76. The average molecular weight is 357 g/mol. The molecule has 3 nitrogen and oxygen atoms in total. The van der Waals surface area contributed by atoms with Crippen molar-refractivity contribution in [2.24, 2.45) is 17.3 Å². The van der Waals surface area contributed by atoms with E-state index in [-0.39, 0.29) is 17.5 Å². The van der Waals surface area contributed by atoms with Gasteiger partial charge in [0, 0.05) is 11.8 Å². The van der Waals surface area contributed by atoms with Gasteiger partial charge in [0.2, 0.25) is 14.1 Å². The van der Waals surface area contributed by atoms with E-state index in [4.69, 9.17) is 4.43 Å². The van der Waals surface area contributed by atoms with E-state index in [0.29, 0.717) is 18.3 Å². The number of hydrogen-bond donors (Lipinski definition) is 0. The Morgan fingerprint density at radius 1 is 1.16 bits per heavy atom. The molecule has 2 saturated carbocycles. The van der Waals surface area contributed by atoms with Crippen LogP contribution >= 0.6 is 0 Å². The maximum Gasteiger partial charge on any atom is 0.242 e. The highest BCUT2D eigenvalue weighted by atomic mass is 28.4. The van der Waals surface area contributed by atoms with Crippen LogP contribution in [0.3, 0.4) is 0 Å². The van der Waals surface area contributed by atoms with Gasteiger partial charge in [0.05, 0.1) is 0 Å². The molecule has 0 amide bonds. The van der Waals surface area contributed by atoms with Crippen molar-refractivity contribution >= 4 is 19.9 Å². The molecule has 25 heavy (non-hydrogen) atoms. The first-order valence-corrected chi connectivity index (χ1v) is 13.0. The van der Waals surface area contributed by atoms with Crippen LogP contribution in [-0.2, 0) is 16.0 Å². The summed E-state index contributed by atoms with van der Waals surface area (Å²) in [5, 5.41) is 0. The van der Waals surface area contributed by atoms with E-state index in [1.165, 1.54) is 11.1 Å². The van der Waals surface area contributed by atoms with E-state index >= 15 is 0 Å². The first-order chi connectivity index (χ1) is 11.7. The van der Waals surface area contributed by atoms with Crippen molar-refractivity contribution < 1.29 is 14.0 Å².